The van der Waals surface area contributed by atoms with E-state index in [4.69, 9.17) is 5.11 Å². The standard InChI is InChI=1S/C2H5O.Mg.Ta.2H/c1-2-3;;;;/h3H,1-2H2;;;;. The number of hydrogen-bond acceptors (Lipinski definition) is 1. The largest absolute Gasteiger partial charge is 0.316 e. The van der Waals surface area contributed by atoms with Gasteiger partial charge in [-0.2, -0.15) is 0 Å². The Bertz CT molecular complexity index is 11.6. The van der Waals surface area contributed by atoms with Crippen molar-refractivity contribution < 1.29 is 26.2 Å². The molecule has 0 bridgehead atoms. The molecule has 0 aliphatic carbocycles. The van der Waals surface area contributed by atoms with Crippen LogP contribution in [0.15, 0.2) is 0 Å². The monoisotopic (exact) mass is 252 g/mol. The normalized spacial score (nSPS) is 5.80. The predicted octanol–water partition coefficient (Wildman–Crippen LogP) is -0.972. The summed E-state index contributed by atoms with van der Waals surface area (Å²) in [6.07, 6.45) is 0. The van der Waals surface area contributed by atoms with Gasteiger partial charge in [-0.25, -0.2) is 0 Å². The third-order valence-corrected chi connectivity index (χ3v) is 0.819. The van der Waals surface area contributed by atoms with E-state index in [0.29, 0.717) is 6.61 Å². The Labute approximate surface area is 60.2 Å². The molecule has 0 aromatic carbocycles. The van der Waals surface area contributed by atoms with Gasteiger partial charge in [0.05, 0.1) is 0 Å². The molecule has 0 unspecified atom stereocenters. The van der Waals surface area contributed by atoms with Gasteiger partial charge in [-0.1, -0.05) is 0 Å². The van der Waals surface area contributed by atoms with Crippen LogP contribution >= 0.6 is 0 Å². The first-order valence-corrected chi connectivity index (χ1v) is 3.40. The van der Waals surface area contributed by atoms with E-state index in [1.54, 1.807) is 0 Å². The molecule has 0 amide bonds. The van der Waals surface area contributed by atoms with Gasteiger partial charge in [-0.05, 0) is 0 Å². The number of aliphatic hydroxyl groups excluding tert-OH is 1. The minimum atomic E-state index is 0. The maximum atomic E-state index is 7.90. The number of rotatable bonds is 1. The summed E-state index contributed by atoms with van der Waals surface area (Å²) in [6, 6.07) is 0. The fourth-order valence-electron chi connectivity index (χ4n) is 0. The van der Waals surface area contributed by atoms with E-state index in [9.17, 15) is 0 Å². The first kappa shape index (κ1) is 9.69. The summed E-state index contributed by atoms with van der Waals surface area (Å²) >= 11 is 1.30. The van der Waals surface area contributed by atoms with Gasteiger partial charge in [0.25, 0.3) is 0 Å². The fraction of sp³-hybridized carbons (Fsp3) is 1.00. The Hall–Kier alpha value is 1.47. The zero-order valence-corrected chi connectivity index (χ0v) is 5.52. The molecular weight excluding hydrogens is 245 g/mol. The van der Waals surface area contributed by atoms with Crippen LogP contribution in [0.25, 0.3) is 0 Å². The quantitative estimate of drug-likeness (QED) is 0.595. The molecule has 5 heavy (non-hydrogen) atoms. The van der Waals surface area contributed by atoms with Crippen LogP contribution in [0.3, 0.4) is 0 Å². The summed E-state index contributed by atoms with van der Waals surface area (Å²) in [6.45, 7) is 0.369. The van der Waals surface area contributed by atoms with Crippen LogP contribution in [0.2, 0.25) is 4.64 Å². The van der Waals surface area contributed by atoms with Gasteiger partial charge < -0.3 is 0 Å². The van der Waals surface area contributed by atoms with Crippen LogP contribution < -0.4 is 0 Å². The van der Waals surface area contributed by atoms with Crippen molar-refractivity contribution in [2.45, 2.75) is 4.64 Å². The van der Waals surface area contributed by atoms with Gasteiger partial charge >= 0.3 is 60.5 Å². The molecule has 0 saturated heterocycles. The Morgan fingerprint density at radius 1 is 1.60 bits per heavy atom. The molecule has 0 atom stereocenters. The average Bonchev–Trinajstić information content (AvgIpc) is 1.37. The molecule has 0 aliphatic heterocycles. The molecule has 1 N–H and O–H groups in total. The van der Waals surface area contributed by atoms with Gasteiger partial charge in [0.15, 0.2) is 0 Å². The molecule has 0 heterocycles. The topological polar surface area (TPSA) is 20.2 Å². The van der Waals surface area contributed by atoms with Gasteiger partial charge in [-0.3, -0.25) is 0 Å². The third kappa shape index (κ3) is 10.8. The van der Waals surface area contributed by atoms with Crippen LogP contribution in [0.4, 0.5) is 0 Å². The smallest absolute Gasteiger partial charge is 0.316 e. The van der Waals surface area contributed by atoms with Gasteiger partial charge in [0, 0.05) is 0 Å². The molecule has 0 saturated carbocycles. The molecule has 0 aliphatic rings. The van der Waals surface area contributed by atoms with E-state index < -0.39 is 0 Å². The second-order valence-corrected chi connectivity index (χ2v) is 2.05. The summed E-state index contributed by atoms with van der Waals surface area (Å²) in [7, 11) is 0. The molecule has 1 nitrogen and oxygen atoms in total. The molecule has 0 spiro atoms. The van der Waals surface area contributed by atoms with Crippen molar-refractivity contribution in [1.82, 2.24) is 0 Å². The Balaban J connectivity index is 0. The SMILES string of the molecule is OC[CH2][Ta].[MgH2]. The van der Waals surface area contributed by atoms with E-state index in [1.165, 1.54) is 21.1 Å². The molecule has 0 rings (SSSR count). The Morgan fingerprint density at radius 2 is 1.80 bits per heavy atom. The molecule has 3 heteroatoms. The second-order valence-electron chi connectivity index (χ2n) is 0.447. The van der Waals surface area contributed by atoms with Crippen molar-refractivity contribution in [3.8, 4) is 0 Å². The van der Waals surface area contributed by atoms with Crippen LogP contribution in [0.1, 0.15) is 0 Å². The van der Waals surface area contributed by atoms with E-state index in [-0.39, 0.29) is 23.1 Å². The molecule has 0 fully saturated rings. The number of hydrogen-bond donors (Lipinski definition) is 1. The van der Waals surface area contributed by atoms with Crippen molar-refractivity contribution >= 4 is 23.1 Å². The predicted molar refractivity (Wildman–Crippen MR) is 20.4 cm³/mol. The maximum absolute atomic E-state index is 7.90. The molecule has 0 radical (unpaired) electrons. The Morgan fingerprint density at radius 3 is 1.80 bits per heavy atom. The summed E-state index contributed by atoms with van der Waals surface area (Å²) in [4.78, 5) is 0. The van der Waals surface area contributed by atoms with Crippen molar-refractivity contribution in [2.75, 3.05) is 6.61 Å². The van der Waals surface area contributed by atoms with Crippen molar-refractivity contribution in [2.24, 2.45) is 0 Å². The zero-order valence-electron chi connectivity index (χ0n) is 2.31. The average molecular weight is 252 g/mol. The molecule has 0 aromatic heterocycles. The maximum Gasteiger partial charge on any atom is 0.316 e. The van der Waals surface area contributed by atoms with E-state index >= 15 is 0 Å². The van der Waals surface area contributed by atoms with Gasteiger partial charge in [-0.15, -0.1) is 0 Å². The fourth-order valence-corrected chi connectivity index (χ4v) is 0. The number of aliphatic hydroxyl groups is 1. The van der Waals surface area contributed by atoms with Crippen LogP contribution in [0.5, 0.6) is 0 Å². The van der Waals surface area contributed by atoms with Crippen molar-refractivity contribution in [3.63, 3.8) is 0 Å². The summed E-state index contributed by atoms with van der Waals surface area (Å²) < 4.78 is 0.986. The first-order chi connectivity index (χ1) is 1.91. The van der Waals surface area contributed by atoms with E-state index in [0.717, 1.165) is 4.64 Å². The Kier molecular flexibility index (Phi) is 17.6. The molecule has 28 valence electrons. The minimum absolute atomic E-state index is 0. The second kappa shape index (κ2) is 9.08. The minimum Gasteiger partial charge on any atom is 0.316 e. The summed E-state index contributed by atoms with van der Waals surface area (Å²) in [5, 5.41) is 7.90. The zero-order chi connectivity index (χ0) is 3.41. The van der Waals surface area contributed by atoms with Crippen LogP contribution in [0, 0.1) is 0 Å². The van der Waals surface area contributed by atoms with Crippen molar-refractivity contribution in [3.05, 3.63) is 0 Å². The summed E-state index contributed by atoms with van der Waals surface area (Å²) in [5.74, 6) is 0. The van der Waals surface area contributed by atoms with Crippen LogP contribution in [-0.2, 0) is 21.1 Å². The molecule has 0 aromatic rings. The van der Waals surface area contributed by atoms with E-state index in [2.05, 4.69) is 0 Å². The van der Waals surface area contributed by atoms with Gasteiger partial charge in [0.2, 0.25) is 0 Å². The third-order valence-electron chi connectivity index (χ3n) is 0.1000. The first-order valence-electron chi connectivity index (χ1n) is 1.13. The van der Waals surface area contributed by atoms with Crippen LogP contribution in [-0.4, -0.2) is 34.8 Å². The summed E-state index contributed by atoms with van der Waals surface area (Å²) in [5.41, 5.74) is 0. The van der Waals surface area contributed by atoms with Gasteiger partial charge in [0.1, 0.15) is 0 Å². The van der Waals surface area contributed by atoms with E-state index in [1.807, 2.05) is 0 Å². The van der Waals surface area contributed by atoms with Crippen molar-refractivity contribution in [1.29, 1.82) is 0 Å². The molecular formula is C2H7MgOTa.